The van der Waals surface area contributed by atoms with Gasteiger partial charge in [-0.2, -0.15) is 0 Å². The minimum Gasteiger partial charge on any atom is -0.361 e. The number of fused-ring (bicyclic) bond motifs is 1. The zero-order valence-corrected chi connectivity index (χ0v) is 17.7. The van der Waals surface area contributed by atoms with Crippen LogP contribution < -0.4 is 16.0 Å². The number of rotatable bonds is 6. The molecule has 2 aromatic rings. The monoisotopic (exact) mass is 461 g/mol. The van der Waals surface area contributed by atoms with Crippen LogP contribution in [0.25, 0.3) is 10.9 Å². The summed E-state index contributed by atoms with van der Waals surface area (Å²) in [5, 5.41) is 10.9. The first-order chi connectivity index (χ1) is 11.4. The van der Waals surface area contributed by atoms with Crippen LogP contribution in [-0.2, 0) is 6.42 Å². The van der Waals surface area contributed by atoms with Crippen molar-refractivity contribution >= 4 is 40.8 Å². The zero-order valence-electron chi connectivity index (χ0n) is 15.4. The Morgan fingerprint density at radius 2 is 1.88 bits per heavy atom. The highest BCUT2D eigenvalue weighted by Crippen LogP contribution is 2.19. The fourth-order valence-corrected chi connectivity index (χ4v) is 2.51. The van der Waals surface area contributed by atoms with Crippen LogP contribution >= 0.6 is 24.0 Å². The first-order valence-electron chi connectivity index (χ1n) is 8.34. The van der Waals surface area contributed by atoms with Gasteiger partial charge in [0.1, 0.15) is 5.82 Å². The van der Waals surface area contributed by atoms with Gasteiger partial charge in [-0.3, -0.25) is 4.99 Å². The van der Waals surface area contributed by atoms with Gasteiger partial charge in [-0.25, -0.2) is 4.39 Å². The Hall–Kier alpha value is -1.35. The van der Waals surface area contributed by atoms with E-state index in [-0.39, 0.29) is 35.3 Å². The minimum atomic E-state index is -0.208. The maximum Gasteiger partial charge on any atom is 0.191 e. The Balaban J connectivity index is 0.00000312. The number of aromatic amines is 1. The molecular formula is C18H29FIN5. The van der Waals surface area contributed by atoms with Crippen molar-refractivity contribution in [1.29, 1.82) is 0 Å². The number of aliphatic imine (C=N–C) groups is 1. The second-order valence-corrected chi connectivity index (χ2v) is 6.86. The Morgan fingerprint density at radius 1 is 1.16 bits per heavy atom. The molecule has 4 N–H and O–H groups in total. The van der Waals surface area contributed by atoms with Gasteiger partial charge in [0.2, 0.25) is 0 Å². The summed E-state index contributed by atoms with van der Waals surface area (Å²) in [6.07, 6.45) is 2.74. The molecule has 0 aliphatic carbocycles. The lowest BCUT2D eigenvalue weighted by molar-refractivity contribution is 0.428. The molecule has 0 amide bonds. The van der Waals surface area contributed by atoms with Crippen LogP contribution in [0.2, 0.25) is 0 Å². The van der Waals surface area contributed by atoms with E-state index in [1.165, 1.54) is 6.07 Å². The van der Waals surface area contributed by atoms with Crippen molar-refractivity contribution in [3.63, 3.8) is 0 Å². The van der Waals surface area contributed by atoms with Crippen LogP contribution in [0.5, 0.6) is 0 Å². The van der Waals surface area contributed by atoms with Gasteiger partial charge in [0.05, 0.1) is 0 Å². The largest absolute Gasteiger partial charge is 0.361 e. The van der Waals surface area contributed by atoms with Crippen LogP contribution in [0.15, 0.2) is 29.4 Å². The van der Waals surface area contributed by atoms with E-state index in [0.717, 1.165) is 48.5 Å². The fraction of sp³-hybridized carbons (Fsp3) is 0.500. The standard InChI is InChI=1S/C18H28FN5.HI/c1-18(2,3)24-10-9-22-17(20-4)21-8-7-13-12-23-16-6-5-14(19)11-15(13)16;/h5-6,11-12,23-24H,7-10H2,1-4H3,(H2,20,21,22);1H. The molecule has 25 heavy (non-hydrogen) atoms. The van der Waals surface area contributed by atoms with Gasteiger partial charge in [-0.05, 0) is 51.0 Å². The highest BCUT2D eigenvalue weighted by atomic mass is 127. The fourth-order valence-electron chi connectivity index (χ4n) is 2.51. The van der Waals surface area contributed by atoms with Gasteiger partial charge >= 0.3 is 0 Å². The Bertz CT molecular complexity index is 690. The lowest BCUT2D eigenvalue weighted by Gasteiger charge is -2.21. The van der Waals surface area contributed by atoms with Crippen molar-refractivity contribution < 1.29 is 4.39 Å². The number of nitrogens with one attached hydrogen (secondary N) is 4. The van der Waals surface area contributed by atoms with E-state index in [1.807, 2.05) is 6.20 Å². The lowest BCUT2D eigenvalue weighted by Crippen LogP contribution is -2.44. The van der Waals surface area contributed by atoms with Crippen molar-refractivity contribution in [3.05, 3.63) is 35.8 Å². The van der Waals surface area contributed by atoms with Crippen molar-refractivity contribution in [2.24, 2.45) is 4.99 Å². The van der Waals surface area contributed by atoms with Gasteiger partial charge in [0, 0.05) is 49.3 Å². The van der Waals surface area contributed by atoms with Crippen molar-refractivity contribution in [2.75, 3.05) is 26.7 Å². The summed E-state index contributed by atoms with van der Waals surface area (Å²) in [4.78, 5) is 7.39. The van der Waals surface area contributed by atoms with Gasteiger partial charge in [0.25, 0.3) is 0 Å². The summed E-state index contributed by atoms with van der Waals surface area (Å²) >= 11 is 0. The van der Waals surface area contributed by atoms with E-state index in [2.05, 4.69) is 46.7 Å². The Labute approximate surface area is 166 Å². The van der Waals surface area contributed by atoms with Gasteiger partial charge in [0.15, 0.2) is 5.96 Å². The molecule has 0 saturated heterocycles. The summed E-state index contributed by atoms with van der Waals surface area (Å²) in [6.45, 7) is 8.83. The maximum absolute atomic E-state index is 13.4. The zero-order chi connectivity index (χ0) is 17.6. The van der Waals surface area contributed by atoms with E-state index in [0.29, 0.717) is 0 Å². The summed E-state index contributed by atoms with van der Waals surface area (Å²) < 4.78 is 13.4. The molecule has 0 aliphatic rings. The Kier molecular flexibility index (Phi) is 8.64. The van der Waals surface area contributed by atoms with E-state index in [1.54, 1.807) is 19.2 Å². The van der Waals surface area contributed by atoms with Crippen molar-refractivity contribution in [1.82, 2.24) is 20.9 Å². The first kappa shape index (κ1) is 21.7. The predicted octanol–water partition coefficient (Wildman–Crippen LogP) is 3.02. The third-order valence-electron chi connectivity index (χ3n) is 3.71. The third-order valence-corrected chi connectivity index (χ3v) is 3.71. The Morgan fingerprint density at radius 3 is 2.56 bits per heavy atom. The average Bonchev–Trinajstić information content (AvgIpc) is 2.91. The lowest BCUT2D eigenvalue weighted by atomic mass is 10.1. The summed E-state index contributed by atoms with van der Waals surface area (Å²) in [7, 11) is 1.76. The second kappa shape index (κ2) is 9.96. The molecule has 7 heteroatoms. The molecule has 0 bridgehead atoms. The number of guanidine groups is 1. The molecule has 0 aliphatic heterocycles. The van der Waals surface area contributed by atoms with Crippen molar-refractivity contribution in [3.8, 4) is 0 Å². The maximum atomic E-state index is 13.4. The molecule has 1 heterocycles. The first-order valence-corrected chi connectivity index (χ1v) is 8.34. The topological polar surface area (TPSA) is 64.2 Å². The van der Waals surface area contributed by atoms with Gasteiger partial charge < -0.3 is 20.9 Å². The molecule has 0 spiro atoms. The number of hydrogen-bond donors (Lipinski definition) is 4. The number of nitrogens with zero attached hydrogens (tertiary/aromatic N) is 1. The van der Waals surface area contributed by atoms with Crippen LogP contribution in [-0.4, -0.2) is 43.2 Å². The highest BCUT2D eigenvalue weighted by molar-refractivity contribution is 14.0. The molecule has 0 atom stereocenters. The normalized spacial score (nSPS) is 12.1. The summed E-state index contributed by atoms with van der Waals surface area (Å²) in [6, 6.07) is 4.81. The molecule has 0 unspecified atom stereocenters. The van der Waals surface area contributed by atoms with E-state index < -0.39 is 0 Å². The summed E-state index contributed by atoms with van der Waals surface area (Å²) in [5.41, 5.74) is 2.17. The molecule has 5 nitrogen and oxygen atoms in total. The van der Waals surface area contributed by atoms with E-state index in [4.69, 9.17) is 0 Å². The van der Waals surface area contributed by atoms with Crippen LogP contribution in [0.1, 0.15) is 26.3 Å². The number of benzene rings is 1. The third kappa shape index (κ3) is 7.19. The number of aromatic nitrogens is 1. The summed E-state index contributed by atoms with van der Waals surface area (Å²) in [5.74, 6) is 0.567. The predicted molar refractivity (Wildman–Crippen MR) is 114 cm³/mol. The molecule has 2 rings (SSSR count). The smallest absolute Gasteiger partial charge is 0.191 e. The number of H-pyrrole nitrogens is 1. The molecule has 0 radical (unpaired) electrons. The SMILES string of the molecule is CN=C(NCCNC(C)(C)C)NCCc1c[nH]c2ccc(F)cc12.I. The van der Waals surface area contributed by atoms with Gasteiger partial charge in [-0.15, -0.1) is 24.0 Å². The molecule has 0 saturated carbocycles. The van der Waals surface area contributed by atoms with E-state index >= 15 is 0 Å². The number of halogens is 2. The van der Waals surface area contributed by atoms with E-state index in [9.17, 15) is 4.39 Å². The molecular weight excluding hydrogens is 432 g/mol. The van der Waals surface area contributed by atoms with Crippen molar-refractivity contribution in [2.45, 2.75) is 32.7 Å². The molecule has 0 fully saturated rings. The average molecular weight is 461 g/mol. The highest BCUT2D eigenvalue weighted by Gasteiger charge is 2.08. The van der Waals surface area contributed by atoms with Crippen LogP contribution in [0, 0.1) is 5.82 Å². The van der Waals surface area contributed by atoms with Crippen LogP contribution in [0.3, 0.4) is 0 Å². The van der Waals surface area contributed by atoms with Gasteiger partial charge in [-0.1, -0.05) is 0 Å². The molecule has 1 aromatic heterocycles. The number of hydrogen-bond acceptors (Lipinski definition) is 2. The molecule has 140 valence electrons. The quantitative estimate of drug-likeness (QED) is 0.232. The minimum absolute atomic E-state index is 0. The molecule has 1 aromatic carbocycles. The van der Waals surface area contributed by atoms with Crippen LogP contribution in [0.4, 0.5) is 4.39 Å². The second-order valence-electron chi connectivity index (χ2n) is 6.86.